The summed E-state index contributed by atoms with van der Waals surface area (Å²) in [5.74, 6) is -2.41. The largest absolute Gasteiger partial charge is 0.480 e. The number of carboxylic acids is 1. The number of carboxylic acid groups (broad SMARTS) is 1. The predicted molar refractivity (Wildman–Crippen MR) is 272 cm³/mol. The van der Waals surface area contributed by atoms with Crippen LogP contribution in [-0.4, -0.2) is 59.9 Å². The van der Waals surface area contributed by atoms with Crippen molar-refractivity contribution < 1.29 is 47.5 Å². The Balaban J connectivity index is 4.25. The fourth-order valence-corrected chi connectivity index (χ4v) is 8.18. The van der Waals surface area contributed by atoms with E-state index in [4.69, 9.17) is 24.8 Å². The summed E-state index contributed by atoms with van der Waals surface area (Å²) in [5, 5.41) is 8.93. The fourth-order valence-electron chi connectivity index (χ4n) is 7.40. The summed E-state index contributed by atoms with van der Waals surface area (Å²) in [5.41, 5.74) is 5.35. The normalized spacial score (nSPS) is 13.9. The van der Waals surface area contributed by atoms with Crippen LogP contribution < -0.4 is 5.73 Å². The second kappa shape index (κ2) is 48.9. The molecule has 0 amide bonds. The summed E-state index contributed by atoms with van der Waals surface area (Å²) in [6.07, 6.45) is 57.5. The topological polar surface area (TPSA) is 172 Å². The maximum Gasteiger partial charge on any atom is 0.472 e. The van der Waals surface area contributed by atoms with Crippen molar-refractivity contribution in [3.05, 3.63) is 48.6 Å². The Morgan fingerprint density at radius 3 is 1.23 bits per heavy atom. The van der Waals surface area contributed by atoms with Gasteiger partial charge in [-0.05, 0) is 57.8 Å². The molecule has 0 heterocycles. The number of phosphoric acid groups is 1. The molecule has 0 bridgehead atoms. The van der Waals surface area contributed by atoms with Crippen molar-refractivity contribution in [2.24, 2.45) is 5.73 Å². The first kappa shape index (κ1) is 63.4. The van der Waals surface area contributed by atoms with Crippen molar-refractivity contribution in [3.63, 3.8) is 0 Å². The van der Waals surface area contributed by atoms with Gasteiger partial charge < -0.3 is 25.2 Å². The lowest BCUT2D eigenvalue weighted by molar-refractivity contribution is -0.161. The van der Waals surface area contributed by atoms with Gasteiger partial charge in [0.1, 0.15) is 12.6 Å². The van der Waals surface area contributed by atoms with E-state index in [2.05, 4.69) is 67.0 Å². The zero-order valence-corrected chi connectivity index (χ0v) is 42.9. The molecule has 0 rings (SSSR count). The highest BCUT2D eigenvalue weighted by Crippen LogP contribution is 2.43. The van der Waals surface area contributed by atoms with Gasteiger partial charge in [-0.2, -0.15) is 0 Å². The number of esters is 2. The van der Waals surface area contributed by atoms with Crippen molar-refractivity contribution in [1.29, 1.82) is 0 Å². The molecule has 0 spiro atoms. The van der Waals surface area contributed by atoms with Crippen molar-refractivity contribution >= 4 is 25.7 Å². The van der Waals surface area contributed by atoms with Crippen molar-refractivity contribution in [1.82, 2.24) is 0 Å². The van der Waals surface area contributed by atoms with Gasteiger partial charge in [-0.25, -0.2) is 4.57 Å². The molecule has 12 heteroatoms. The number of unbranched alkanes of at least 4 members (excludes halogenated alkanes) is 28. The number of aliphatic carboxylic acids is 1. The quantitative estimate of drug-likeness (QED) is 0.0229. The molecule has 0 aromatic rings. The Kier molecular flexibility index (Phi) is 47.0. The molecular formula is C54H98NO10P. The number of hydrogen-bond acceptors (Lipinski definition) is 9. The third kappa shape index (κ3) is 47.9. The van der Waals surface area contributed by atoms with Gasteiger partial charge in [0.25, 0.3) is 0 Å². The molecule has 0 aromatic carbocycles. The minimum Gasteiger partial charge on any atom is -0.480 e. The number of phosphoric ester groups is 1. The molecule has 0 aliphatic rings. The van der Waals surface area contributed by atoms with Crippen LogP contribution in [0.3, 0.4) is 0 Å². The Labute approximate surface area is 403 Å². The summed E-state index contributed by atoms with van der Waals surface area (Å²) in [4.78, 5) is 46.2. The number of carbonyl (C=O) groups is 3. The van der Waals surface area contributed by atoms with Crippen LogP contribution in [0.4, 0.5) is 0 Å². The molecule has 4 N–H and O–H groups in total. The maximum absolute atomic E-state index is 12.7. The highest BCUT2D eigenvalue weighted by Gasteiger charge is 2.28. The van der Waals surface area contributed by atoms with E-state index >= 15 is 0 Å². The first-order chi connectivity index (χ1) is 32.1. The van der Waals surface area contributed by atoms with Gasteiger partial charge in [-0.15, -0.1) is 0 Å². The molecule has 1 unspecified atom stereocenters. The number of ether oxygens (including phenoxy) is 2. The summed E-state index contributed by atoms with van der Waals surface area (Å²) in [6.45, 7) is 2.79. The van der Waals surface area contributed by atoms with E-state index in [0.29, 0.717) is 12.8 Å². The van der Waals surface area contributed by atoms with E-state index in [0.717, 1.165) is 57.8 Å². The average molecular weight is 952 g/mol. The summed E-state index contributed by atoms with van der Waals surface area (Å²) in [7, 11) is -4.73. The van der Waals surface area contributed by atoms with Crippen LogP contribution in [0.2, 0.25) is 0 Å². The second-order valence-corrected chi connectivity index (χ2v) is 19.5. The maximum atomic E-state index is 12.7. The molecule has 0 fully saturated rings. The van der Waals surface area contributed by atoms with Crippen molar-refractivity contribution in [3.8, 4) is 0 Å². The van der Waals surface area contributed by atoms with Crippen LogP contribution in [0.1, 0.15) is 245 Å². The monoisotopic (exact) mass is 952 g/mol. The van der Waals surface area contributed by atoms with Crippen LogP contribution in [0, 0.1) is 0 Å². The second-order valence-electron chi connectivity index (χ2n) is 18.0. The molecule has 0 aromatic heterocycles. The fraction of sp³-hybridized carbons (Fsp3) is 0.796. The number of carbonyl (C=O) groups excluding carboxylic acids is 2. The molecule has 11 nitrogen and oxygen atoms in total. The average Bonchev–Trinajstić information content (AvgIpc) is 3.30. The van der Waals surface area contributed by atoms with Gasteiger partial charge in [0, 0.05) is 12.8 Å². The highest BCUT2D eigenvalue weighted by molar-refractivity contribution is 7.47. The predicted octanol–water partition coefficient (Wildman–Crippen LogP) is 15.3. The van der Waals surface area contributed by atoms with E-state index in [1.165, 1.54) is 148 Å². The minimum absolute atomic E-state index is 0.157. The van der Waals surface area contributed by atoms with Gasteiger partial charge in [0.05, 0.1) is 13.2 Å². The zero-order valence-electron chi connectivity index (χ0n) is 42.0. The number of rotatable bonds is 50. The van der Waals surface area contributed by atoms with E-state index in [1.807, 2.05) is 0 Å². The van der Waals surface area contributed by atoms with Crippen LogP contribution in [0.25, 0.3) is 0 Å². The zero-order chi connectivity index (χ0) is 48.4. The summed E-state index contributed by atoms with van der Waals surface area (Å²) < 4.78 is 32.9. The van der Waals surface area contributed by atoms with E-state index in [1.54, 1.807) is 0 Å². The molecule has 0 radical (unpaired) electrons. The minimum atomic E-state index is -4.73. The third-order valence-electron chi connectivity index (χ3n) is 11.6. The molecule has 3 atom stereocenters. The molecule has 0 aliphatic carbocycles. The molecule has 0 aliphatic heterocycles. The van der Waals surface area contributed by atoms with E-state index < -0.39 is 51.1 Å². The van der Waals surface area contributed by atoms with Crippen molar-refractivity contribution in [2.75, 3.05) is 19.8 Å². The Morgan fingerprint density at radius 1 is 0.470 bits per heavy atom. The first-order valence-corrected chi connectivity index (χ1v) is 28.2. The first-order valence-electron chi connectivity index (χ1n) is 26.7. The molecule has 66 heavy (non-hydrogen) atoms. The summed E-state index contributed by atoms with van der Waals surface area (Å²) in [6, 6.07) is -1.53. The van der Waals surface area contributed by atoms with Crippen LogP contribution >= 0.6 is 7.82 Å². The molecular weight excluding hydrogens is 854 g/mol. The SMILES string of the molecule is CCCCC/C=C/C/C=C/C/C=C/C/C=C/CCCCCC(=O)OC[C@H](COP(=O)(O)OC[C@H](N)C(=O)O)OC(=O)CCCCCCCCCCCCCCCCCCCCCCCCC. The lowest BCUT2D eigenvalue weighted by atomic mass is 10.0. The Hall–Kier alpha value is -2.56. The lowest BCUT2D eigenvalue weighted by Crippen LogP contribution is -2.34. The summed E-state index contributed by atoms with van der Waals surface area (Å²) >= 11 is 0. The number of hydrogen-bond donors (Lipinski definition) is 3. The highest BCUT2D eigenvalue weighted by atomic mass is 31.2. The van der Waals surface area contributed by atoms with Gasteiger partial charge in [-0.1, -0.05) is 223 Å². The van der Waals surface area contributed by atoms with Crippen LogP contribution in [-0.2, 0) is 37.5 Å². The molecule has 384 valence electrons. The third-order valence-corrected chi connectivity index (χ3v) is 12.5. The van der Waals surface area contributed by atoms with E-state index in [-0.39, 0.29) is 19.4 Å². The molecule has 0 saturated carbocycles. The standard InChI is InChI=1S/C54H98NO10P/c1-3-5-7-9-11-13-15-17-19-21-23-24-25-26-28-30-32-34-36-38-40-42-44-46-53(57)65-50(48-63-66(60,61)64-49-51(55)54(58)59)47-62-52(56)45-43-41-39-37-35-33-31-29-27-22-20-18-16-14-12-10-8-6-4-2/h12,14,18,20,27,29,33,35,50-51H,3-11,13,15-17,19,21-26,28,30-32,34,36-49,55H2,1-2H3,(H,58,59)(H,60,61)/b14-12+,20-18+,29-27+,35-33+/t50-,51+/m1/s1. The Morgan fingerprint density at radius 2 is 0.803 bits per heavy atom. The Bertz CT molecular complexity index is 1300. The van der Waals surface area contributed by atoms with Crippen molar-refractivity contribution in [2.45, 2.75) is 257 Å². The van der Waals surface area contributed by atoms with Crippen LogP contribution in [0.5, 0.6) is 0 Å². The van der Waals surface area contributed by atoms with Gasteiger partial charge in [0.15, 0.2) is 6.10 Å². The van der Waals surface area contributed by atoms with E-state index in [9.17, 15) is 23.8 Å². The van der Waals surface area contributed by atoms with Gasteiger partial charge in [-0.3, -0.25) is 23.4 Å². The smallest absolute Gasteiger partial charge is 0.472 e. The van der Waals surface area contributed by atoms with Crippen LogP contribution in [0.15, 0.2) is 48.6 Å². The lowest BCUT2D eigenvalue weighted by Gasteiger charge is -2.20. The van der Waals surface area contributed by atoms with Gasteiger partial charge >= 0.3 is 25.7 Å². The molecule has 0 saturated heterocycles. The van der Waals surface area contributed by atoms with Gasteiger partial charge in [0.2, 0.25) is 0 Å². The number of nitrogens with two attached hydrogens (primary N) is 1. The number of allylic oxidation sites excluding steroid dienone is 8.